The van der Waals surface area contributed by atoms with E-state index in [9.17, 15) is 0 Å². The van der Waals surface area contributed by atoms with Gasteiger partial charge < -0.3 is 10.5 Å². The molecule has 0 spiro atoms. The number of hydrogen-bond donors (Lipinski definition) is 1. The van der Waals surface area contributed by atoms with E-state index in [2.05, 4.69) is 44.2 Å². The van der Waals surface area contributed by atoms with E-state index in [1.807, 2.05) is 24.3 Å². The molecule has 0 aliphatic rings. The third kappa shape index (κ3) is 2.81. The molecule has 0 heterocycles. The molecule has 0 radical (unpaired) electrons. The Morgan fingerprint density at radius 1 is 0.952 bits per heavy atom. The molecule has 2 aromatic carbocycles. The van der Waals surface area contributed by atoms with Crippen LogP contribution in [0.25, 0.3) is 0 Å². The van der Waals surface area contributed by atoms with E-state index in [-0.39, 0.29) is 11.5 Å². The molecule has 0 fully saturated rings. The van der Waals surface area contributed by atoms with Gasteiger partial charge >= 0.3 is 0 Å². The molecule has 0 saturated carbocycles. The molecule has 2 aromatic rings. The normalized spacial score (nSPS) is 13.0. The quantitative estimate of drug-likeness (QED) is 0.850. The third-order valence-electron chi connectivity index (χ3n) is 4.68. The lowest BCUT2D eigenvalue weighted by Gasteiger charge is -2.39. The van der Waals surface area contributed by atoms with Gasteiger partial charge in [-0.15, -0.1) is 0 Å². The zero-order valence-corrected chi connectivity index (χ0v) is 13.2. The Kier molecular flexibility index (Phi) is 5.03. The van der Waals surface area contributed by atoms with Crippen molar-refractivity contribution < 1.29 is 4.74 Å². The third-order valence-corrected chi connectivity index (χ3v) is 4.68. The Morgan fingerprint density at radius 3 is 2.10 bits per heavy atom. The SMILES string of the molecule is CCC(CC)(c1ccccc1)C(N)c1ccccc1OC. The maximum atomic E-state index is 6.72. The standard InChI is InChI=1S/C19H25NO/c1-4-19(5-2,15-11-7-6-8-12-15)18(20)16-13-9-10-14-17(16)21-3/h6-14,18H,4-5,20H2,1-3H3. The van der Waals surface area contributed by atoms with Crippen molar-refractivity contribution in [2.75, 3.05) is 7.11 Å². The molecule has 0 saturated heterocycles. The van der Waals surface area contributed by atoms with E-state index in [0.29, 0.717) is 0 Å². The van der Waals surface area contributed by atoms with E-state index in [4.69, 9.17) is 10.5 Å². The topological polar surface area (TPSA) is 35.2 Å². The highest BCUT2D eigenvalue weighted by molar-refractivity contribution is 5.41. The van der Waals surface area contributed by atoms with Gasteiger partial charge in [0.05, 0.1) is 7.11 Å². The van der Waals surface area contributed by atoms with Crippen molar-refractivity contribution in [2.24, 2.45) is 5.73 Å². The van der Waals surface area contributed by atoms with E-state index in [0.717, 1.165) is 24.2 Å². The Morgan fingerprint density at radius 2 is 1.52 bits per heavy atom. The fourth-order valence-corrected chi connectivity index (χ4v) is 3.27. The molecule has 2 N–H and O–H groups in total. The van der Waals surface area contributed by atoms with Gasteiger partial charge in [0.25, 0.3) is 0 Å². The summed E-state index contributed by atoms with van der Waals surface area (Å²) in [5, 5.41) is 0. The number of benzene rings is 2. The van der Waals surface area contributed by atoms with Crippen LogP contribution in [0.5, 0.6) is 5.75 Å². The van der Waals surface area contributed by atoms with Crippen LogP contribution in [0.1, 0.15) is 43.9 Å². The van der Waals surface area contributed by atoms with Crippen LogP contribution in [0, 0.1) is 0 Å². The number of methoxy groups -OCH3 is 1. The molecular formula is C19H25NO. The first-order valence-electron chi connectivity index (χ1n) is 7.63. The Balaban J connectivity index is 2.52. The molecular weight excluding hydrogens is 258 g/mol. The van der Waals surface area contributed by atoms with Gasteiger partial charge in [-0.05, 0) is 24.5 Å². The van der Waals surface area contributed by atoms with E-state index < -0.39 is 0 Å². The van der Waals surface area contributed by atoms with Crippen LogP contribution in [-0.4, -0.2) is 7.11 Å². The number of para-hydroxylation sites is 1. The number of nitrogens with two attached hydrogens (primary N) is 1. The molecule has 2 heteroatoms. The van der Waals surface area contributed by atoms with Crippen LogP contribution in [0.4, 0.5) is 0 Å². The summed E-state index contributed by atoms with van der Waals surface area (Å²) in [4.78, 5) is 0. The average Bonchev–Trinajstić information content (AvgIpc) is 2.57. The molecule has 0 aliphatic carbocycles. The van der Waals surface area contributed by atoms with Gasteiger partial charge in [0.1, 0.15) is 5.75 Å². The molecule has 0 bridgehead atoms. The monoisotopic (exact) mass is 283 g/mol. The summed E-state index contributed by atoms with van der Waals surface area (Å²) in [5.74, 6) is 0.868. The minimum Gasteiger partial charge on any atom is -0.496 e. The maximum absolute atomic E-state index is 6.72. The first-order valence-corrected chi connectivity index (χ1v) is 7.63. The van der Waals surface area contributed by atoms with Crippen LogP contribution < -0.4 is 10.5 Å². The van der Waals surface area contributed by atoms with Gasteiger partial charge in [0.2, 0.25) is 0 Å². The molecule has 0 aromatic heterocycles. The predicted octanol–water partition coefficient (Wildman–Crippen LogP) is 4.45. The summed E-state index contributed by atoms with van der Waals surface area (Å²) in [5.41, 5.74) is 9.03. The Bertz CT molecular complexity index is 561. The fourth-order valence-electron chi connectivity index (χ4n) is 3.27. The molecule has 1 atom stereocenters. The summed E-state index contributed by atoms with van der Waals surface area (Å²) in [6.07, 6.45) is 1.99. The van der Waals surface area contributed by atoms with Gasteiger partial charge in [-0.3, -0.25) is 0 Å². The van der Waals surface area contributed by atoms with Crippen molar-refractivity contribution in [1.82, 2.24) is 0 Å². The fraction of sp³-hybridized carbons (Fsp3) is 0.368. The van der Waals surface area contributed by atoms with Crippen molar-refractivity contribution in [2.45, 2.75) is 38.1 Å². The van der Waals surface area contributed by atoms with Gasteiger partial charge in [-0.1, -0.05) is 62.4 Å². The second kappa shape index (κ2) is 6.77. The van der Waals surface area contributed by atoms with Crippen molar-refractivity contribution in [3.05, 3.63) is 65.7 Å². The minimum absolute atomic E-state index is 0.0735. The lowest BCUT2D eigenvalue weighted by atomic mass is 9.68. The van der Waals surface area contributed by atoms with Crippen LogP contribution >= 0.6 is 0 Å². The molecule has 1 unspecified atom stereocenters. The summed E-state index contributed by atoms with van der Waals surface area (Å²) >= 11 is 0. The van der Waals surface area contributed by atoms with E-state index >= 15 is 0 Å². The van der Waals surface area contributed by atoms with Gasteiger partial charge in [0, 0.05) is 17.0 Å². The highest BCUT2D eigenvalue weighted by Crippen LogP contribution is 2.43. The second-order valence-corrected chi connectivity index (χ2v) is 5.45. The second-order valence-electron chi connectivity index (χ2n) is 5.45. The lowest BCUT2D eigenvalue weighted by molar-refractivity contribution is 0.311. The Labute approximate surface area is 127 Å². The van der Waals surface area contributed by atoms with Gasteiger partial charge in [0.15, 0.2) is 0 Å². The van der Waals surface area contributed by atoms with Crippen LogP contribution in [0.15, 0.2) is 54.6 Å². The van der Waals surface area contributed by atoms with Crippen molar-refractivity contribution in [3.63, 3.8) is 0 Å². The van der Waals surface area contributed by atoms with Crippen LogP contribution in [0.2, 0.25) is 0 Å². The molecule has 0 amide bonds. The van der Waals surface area contributed by atoms with Crippen molar-refractivity contribution >= 4 is 0 Å². The lowest BCUT2D eigenvalue weighted by Crippen LogP contribution is -2.38. The van der Waals surface area contributed by atoms with Crippen molar-refractivity contribution in [3.8, 4) is 5.75 Å². The predicted molar refractivity (Wildman–Crippen MR) is 88.6 cm³/mol. The van der Waals surface area contributed by atoms with E-state index in [1.54, 1.807) is 7.11 Å². The van der Waals surface area contributed by atoms with Crippen LogP contribution in [-0.2, 0) is 5.41 Å². The number of ether oxygens (including phenoxy) is 1. The highest BCUT2D eigenvalue weighted by atomic mass is 16.5. The molecule has 21 heavy (non-hydrogen) atoms. The zero-order valence-electron chi connectivity index (χ0n) is 13.2. The highest BCUT2D eigenvalue weighted by Gasteiger charge is 2.37. The minimum atomic E-state index is -0.0916. The Hall–Kier alpha value is -1.80. The summed E-state index contributed by atoms with van der Waals surface area (Å²) < 4.78 is 5.51. The zero-order chi connectivity index (χ0) is 15.3. The van der Waals surface area contributed by atoms with Gasteiger partial charge in [-0.2, -0.15) is 0 Å². The largest absolute Gasteiger partial charge is 0.496 e. The summed E-state index contributed by atoms with van der Waals surface area (Å²) in [6, 6.07) is 18.6. The molecule has 2 rings (SSSR count). The van der Waals surface area contributed by atoms with E-state index in [1.165, 1.54) is 5.56 Å². The number of hydrogen-bond acceptors (Lipinski definition) is 2. The first kappa shape index (κ1) is 15.6. The molecule has 2 nitrogen and oxygen atoms in total. The average molecular weight is 283 g/mol. The maximum Gasteiger partial charge on any atom is 0.123 e. The first-order chi connectivity index (χ1) is 10.2. The smallest absolute Gasteiger partial charge is 0.123 e. The summed E-state index contributed by atoms with van der Waals surface area (Å²) in [7, 11) is 1.70. The summed E-state index contributed by atoms with van der Waals surface area (Å²) in [6.45, 7) is 4.43. The van der Waals surface area contributed by atoms with Crippen LogP contribution in [0.3, 0.4) is 0 Å². The number of rotatable bonds is 6. The van der Waals surface area contributed by atoms with Gasteiger partial charge in [-0.25, -0.2) is 0 Å². The van der Waals surface area contributed by atoms with Crippen molar-refractivity contribution in [1.29, 1.82) is 0 Å². The molecule has 0 aliphatic heterocycles. The molecule has 112 valence electrons.